The predicted octanol–water partition coefficient (Wildman–Crippen LogP) is 0.445. The van der Waals surface area contributed by atoms with E-state index in [9.17, 15) is 35.1 Å². The number of aromatic hydroxyl groups is 1. The van der Waals surface area contributed by atoms with Crippen LogP contribution < -0.4 is 14.9 Å². The number of hydrogen-bond acceptors (Lipinski definition) is 10. The second kappa shape index (κ2) is 8.71. The number of ether oxygens (including phenoxy) is 3. The zero-order chi connectivity index (χ0) is 23.9. The Kier molecular flexibility index (Phi) is 5.95. The number of rotatable bonds is 5. The van der Waals surface area contributed by atoms with Gasteiger partial charge >= 0.3 is 5.97 Å². The number of hydrogen-bond donors (Lipinski definition) is 5. The summed E-state index contributed by atoms with van der Waals surface area (Å²) >= 11 is 0. The Morgan fingerprint density at radius 2 is 1.73 bits per heavy atom. The molecule has 5 atom stereocenters. The van der Waals surface area contributed by atoms with Crippen LogP contribution in [-0.2, 0) is 9.53 Å². The lowest BCUT2D eigenvalue weighted by molar-refractivity contribution is -0.271. The average molecular weight is 460 g/mol. The Labute approximate surface area is 185 Å². The minimum atomic E-state index is -1.91. The second-order valence-electron chi connectivity index (χ2n) is 7.32. The van der Waals surface area contributed by atoms with E-state index < -0.39 is 47.9 Å². The van der Waals surface area contributed by atoms with Crippen LogP contribution in [0.2, 0.25) is 0 Å². The van der Waals surface area contributed by atoms with E-state index in [2.05, 4.69) is 0 Å². The van der Waals surface area contributed by atoms with Crippen LogP contribution in [-0.4, -0.2) is 69.3 Å². The first kappa shape index (κ1) is 22.6. The van der Waals surface area contributed by atoms with E-state index >= 15 is 0 Å². The number of phenolic OH excluding ortho intramolecular Hbond substituents is 1. The number of methoxy groups -OCH3 is 1. The van der Waals surface area contributed by atoms with Gasteiger partial charge in [0.05, 0.1) is 7.11 Å². The number of fused-ring (bicyclic) bond motifs is 1. The first-order chi connectivity index (χ1) is 15.7. The van der Waals surface area contributed by atoms with Crippen molar-refractivity contribution in [2.45, 2.75) is 30.7 Å². The summed E-state index contributed by atoms with van der Waals surface area (Å²) in [5, 5.41) is 49.7. The largest absolute Gasteiger partial charge is 0.504 e. The van der Waals surface area contributed by atoms with E-state index in [1.165, 1.54) is 19.2 Å². The van der Waals surface area contributed by atoms with Gasteiger partial charge in [-0.05, 0) is 0 Å². The van der Waals surface area contributed by atoms with E-state index in [-0.39, 0.29) is 28.2 Å². The van der Waals surface area contributed by atoms with Crippen molar-refractivity contribution < 1.29 is 49.0 Å². The third-order valence-electron chi connectivity index (χ3n) is 5.23. The zero-order valence-electron chi connectivity index (χ0n) is 17.1. The topological polar surface area (TPSA) is 176 Å². The summed E-state index contributed by atoms with van der Waals surface area (Å²) in [6, 6.07) is 11.1. The van der Waals surface area contributed by atoms with E-state index in [0.29, 0.717) is 5.56 Å². The van der Waals surface area contributed by atoms with Crippen molar-refractivity contribution in [2.75, 3.05) is 7.11 Å². The molecule has 2 aromatic carbocycles. The van der Waals surface area contributed by atoms with Gasteiger partial charge < -0.3 is 44.2 Å². The van der Waals surface area contributed by atoms with Crippen LogP contribution in [0, 0.1) is 0 Å². The first-order valence-corrected chi connectivity index (χ1v) is 9.75. The molecule has 0 unspecified atom stereocenters. The normalized spacial score (nSPS) is 25.0. The maximum Gasteiger partial charge on any atom is 0.335 e. The fourth-order valence-electron chi connectivity index (χ4n) is 3.57. The smallest absolute Gasteiger partial charge is 0.335 e. The minimum absolute atomic E-state index is 0.0877. The maximum absolute atomic E-state index is 12.7. The number of aliphatic carboxylic acids is 1. The Morgan fingerprint density at radius 3 is 2.36 bits per heavy atom. The maximum atomic E-state index is 12.7. The second-order valence-corrected chi connectivity index (χ2v) is 7.32. The first-order valence-electron chi connectivity index (χ1n) is 9.75. The molecule has 11 nitrogen and oxygen atoms in total. The number of benzene rings is 2. The van der Waals surface area contributed by atoms with Crippen molar-refractivity contribution in [3.63, 3.8) is 0 Å². The number of carboxylic acids is 1. The van der Waals surface area contributed by atoms with Crippen LogP contribution in [0.1, 0.15) is 0 Å². The van der Waals surface area contributed by atoms with Gasteiger partial charge in [0.1, 0.15) is 35.0 Å². The molecule has 1 aromatic heterocycles. The molecule has 0 aliphatic carbocycles. The molecule has 1 aliphatic heterocycles. The molecule has 3 aromatic rings. The van der Waals surface area contributed by atoms with Gasteiger partial charge in [-0.25, -0.2) is 4.79 Å². The van der Waals surface area contributed by atoms with E-state index in [0.717, 1.165) is 0 Å². The van der Waals surface area contributed by atoms with Gasteiger partial charge in [0.15, 0.2) is 23.0 Å². The molecule has 1 fully saturated rings. The van der Waals surface area contributed by atoms with Gasteiger partial charge in [-0.15, -0.1) is 0 Å². The molecule has 1 saturated heterocycles. The molecular formula is C22H20O11. The molecule has 2 heterocycles. The van der Waals surface area contributed by atoms with E-state index in [1.54, 1.807) is 30.3 Å². The van der Waals surface area contributed by atoms with Crippen molar-refractivity contribution in [1.82, 2.24) is 0 Å². The van der Waals surface area contributed by atoms with Crippen LogP contribution in [0.15, 0.2) is 51.7 Å². The van der Waals surface area contributed by atoms with Crippen molar-refractivity contribution in [3.05, 3.63) is 52.7 Å². The van der Waals surface area contributed by atoms with E-state index in [4.69, 9.17) is 18.6 Å². The molecule has 1 aliphatic rings. The molecule has 4 rings (SSSR count). The lowest BCUT2D eigenvalue weighted by atomic mass is 9.99. The van der Waals surface area contributed by atoms with Crippen LogP contribution in [0.25, 0.3) is 22.3 Å². The molecule has 5 N–H and O–H groups in total. The molecule has 0 amide bonds. The average Bonchev–Trinajstić information content (AvgIpc) is 2.79. The van der Waals surface area contributed by atoms with Crippen molar-refractivity contribution in [3.8, 4) is 28.6 Å². The minimum Gasteiger partial charge on any atom is -0.504 e. The van der Waals surface area contributed by atoms with Crippen LogP contribution in [0.4, 0.5) is 0 Å². The van der Waals surface area contributed by atoms with Crippen LogP contribution in [0.5, 0.6) is 17.2 Å². The summed E-state index contributed by atoms with van der Waals surface area (Å²) in [5.74, 6) is -2.58. The Morgan fingerprint density at radius 1 is 1.03 bits per heavy atom. The van der Waals surface area contributed by atoms with Crippen LogP contribution in [0.3, 0.4) is 0 Å². The number of phenols is 1. The fraction of sp³-hybridized carbons (Fsp3) is 0.273. The van der Waals surface area contributed by atoms with Crippen molar-refractivity contribution in [1.29, 1.82) is 0 Å². The molecule has 11 heteroatoms. The van der Waals surface area contributed by atoms with Gasteiger partial charge in [0, 0.05) is 17.7 Å². The predicted molar refractivity (Wildman–Crippen MR) is 111 cm³/mol. The summed E-state index contributed by atoms with van der Waals surface area (Å²) in [6.07, 6.45) is -9.31. The number of aliphatic hydroxyl groups excluding tert-OH is 3. The molecular weight excluding hydrogens is 440 g/mol. The molecule has 174 valence electrons. The quantitative estimate of drug-likeness (QED) is 0.357. The molecule has 0 saturated carbocycles. The van der Waals surface area contributed by atoms with Gasteiger partial charge in [-0.2, -0.15) is 0 Å². The summed E-state index contributed by atoms with van der Waals surface area (Å²) in [7, 11) is 1.19. The number of aliphatic hydroxyl groups is 3. The van der Waals surface area contributed by atoms with Crippen molar-refractivity contribution in [2.24, 2.45) is 0 Å². The Bertz CT molecular complexity index is 1240. The summed E-state index contributed by atoms with van der Waals surface area (Å²) in [5.41, 5.74) is -0.0482. The van der Waals surface area contributed by atoms with Gasteiger partial charge in [0.2, 0.25) is 12.0 Å². The Balaban J connectivity index is 1.80. The van der Waals surface area contributed by atoms with Crippen LogP contribution >= 0.6 is 0 Å². The van der Waals surface area contributed by atoms with Gasteiger partial charge in [0.25, 0.3) is 0 Å². The molecule has 0 radical (unpaired) electrons. The lowest BCUT2D eigenvalue weighted by Gasteiger charge is -2.38. The summed E-state index contributed by atoms with van der Waals surface area (Å²) in [4.78, 5) is 24.0. The Hall–Kier alpha value is -3.64. The third kappa shape index (κ3) is 3.98. The van der Waals surface area contributed by atoms with Gasteiger partial charge in [-0.3, -0.25) is 4.79 Å². The highest BCUT2D eigenvalue weighted by atomic mass is 16.7. The van der Waals surface area contributed by atoms with Gasteiger partial charge in [-0.1, -0.05) is 30.3 Å². The molecule has 33 heavy (non-hydrogen) atoms. The lowest BCUT2D eigenvalue weighted by Crippen LogP contribution is -2.61. The summed E-state index contributed by atoms with van der Waals surface area (Å²) in [6.45, 7) is 0. The van der Waals surface area contributed by atoms with Crippen molar-refractivity contribution >= 4 is 16.9 Å². The monoisotopic (exact) mass is 460 g/mol. The third-order valence-corrected chi connectivity index (χ3v) is 5.23. The zero-order valence-corrected chi connectivity index (χ0v) is 17.1. The molecule has 0 bridgehead atoms. The number of carbonyl (C=O) groups is 1. The molecule has 0 spiro atoms. The van der Waals surface area contributed by atoms with E-state index in [1.807, 2.05) is 0 Å². The number of carboxylic acid groups (broad SMARTS) is 1. The summed E-state index contributed by atoms with van der Waals surface area (Å²) < 4.78 is 21.5. The highest BCUT2D eigenvalue weighted by Crippen LogP contribution is 2.43. The SMILES string of the molecule is COc1c(O[C@H]2O[C@H](C(=O)O)[C@H](O)[C@@H](O)[C@@H]2O)cc2oc(-c3ccccc3)cc(=O)c2c1O. The standard InChI is InChI=1S/C22H20O11/c1-30-19-13(32-22-18(27)16(25)17(26)20(33-22)21(28)29)8-12-14(15(19)24)10(23)7-11(31-12)9-5-3-2-4-6-9/h2-8,16-18,20,22,24-27H,1H3,(H,28,29)/t16-,17-,18+,20+,22+/m1/s1. The highest BCUT2D eigenvalue weighted by molar-refractivity contribution is 5.89. The highest BCUT2D eigenvalue weighted by Gasteiger charge is 2.48. The fourth-order valence-corrected chi connectivity index (χ4v) is 3.57.